The molecule has 0 aliphatic heterocycles. The van der Waals surface area contributed by atoms with Crippen LogP contribution in [-0.2, 0) is 15.8 Å². The maximum Gasteiger partial charge on any atom is 0.417 e. The number of halogens is 3. The van der Waals surface area contributed by atoms with E-state index < -0.39 is 42.2 Å². The van der Waals surface area contributed by atoms with E-state index >= 15 is 0 Å². The highest BCUT2D eigenvalue weighted by atomic mass is 19.4. The van der Waals surface area contributed by atoms with Gasteiger partial charge in [-0.3, -0.25) is 9.59 Å². The van der Waals surface area contributed by atoms with Crippen LogP contribution >= 0.6 is 0 Å². The maximum atomic E-state index is 12.9. The minimum atomic E-state index is -4.74. The van der Waals surface area contributed by atoms with Crippen molar-refractivity contribution in [2.75, 3.05) is 18.0 Å². The summed E-state index contributed by atoms with van der Waals surface area (Å²) in [5, 5.41) is 8.69. The van der Waals surface area contributed by atoms with Gasteiger partial charge in [-0.15, -0.1) is 0 Å². The predicted molar refractivity (Wildman–Crippen MR) is 66.8 cm³/mol. The molecule has 0 bridgehead atoms. The van der Waals surface area contributed by atoms with Crippen molar-refractivity contribution in [2.24, 2.45) is 11.5 Å². The van der Waals surface area contributed by atoms with Gasteiger partial charge in [-0.2, -0.15) is 18.4 Å². The van der Waals surface area contributed by atoms with Gasteiger partial charge in [0.15, 0.2) is 0 Å². The van der Waals surface area contributed by atoms with Crippen LogP contribution in [0.1, 0.15) is 11.1 Å². The molecule has 0 saturated heterocycles. The molecule has 0 radical (unpaired) electrons. The van der Waals surface area contributed by atoms with Crippen molar-refractivity contribution in [2.45, 2.75) is 6.18 Å². The zero-order valence-electron chi connectivity index (χ0n) is 10.6. The number of hydrogen-bond donors (Lipinski definition) is 2. The number of benzene rings is 1. The lowest BCUT2D eigenvalue weighted by atomic mass is 10.1. The number of nitriles is 1. The zero-order valence-corrected chi connectivity index (χ0v) is 10.6. The first kappa shape index (κ1) is 16.3. The van der Waals surface area contributed by atoms with Crippen molar-refractivity contribution in [3.05, 3.63) is 29.3 Å². The van der Waals surface area contributed by atoms with Crippen molar-refractivity contribution < 1.29 is 22.8 Å². The number of amides is 2. The summed E-state index contributed by atoms with van der Waals surface area (Å²) in [5.74, 6) is -1.68. The van der Waals surface area contributed by atoms with E-state index in [1.165, 1.54) is 12.1 Å². The largest absolute Gasteiger partial charge is 0.417 e. The highest BCUT2D eigenvalue weighted by Crippen LogP contribution is 2.34. The van der Waals surface area contributed by atoms with Crippen LogP contribution in [0, 0.1) is 11.3 Å². The monoisotopic (exact) mass is 300 g/mol. The standard InChI is InChI=1S/C12H11F3N4O2/c13-12(14,15)9-3-8(2-1-7(9)4-16)19(5-10(17)20)6-11(18)21/h1-3H,5-6H2,(H2,17,20)(H2,18,21). The van der Waals surface area contributed by atoms with E-state index in [-0.39, 0.29) is 5.69 Å². The van der Waals surface area contributed by atoms with Gasteiger partial charge >= 0.3 is 6.18 Å². The van der Waals surface area contributed by atoms with Crippen LogP contribution in [0.3, 0.4) is 0 Å². The van der Waals surface area contributed by atoms with Crippen molar-refractivity contribution in [3.8, 4) is 6.07 Å². The van der Waals surface area contributed by atoms with E-state index in [0.717, 1.165) is 11.0 Å². The van der Waals surface area contributed by atoms with Crippen LogP contribution in [-0.4, -0.2) is 24.9 Å². The third-order valence-corrected chi connectivity index (χ3v) is 2.49. The predicted octanol–water partition coefficient (Wildman–Crippen LogP) is 0.354. The lowest BCUT2D eigenvalue weighted by Gasteiger charge is -2.23. The first-order valence-corrected chi connectivity index (χ1v) is 5.58. The summed E-state index contributed by atoms with van der Waals surface area (Å²) in [7, 11) is 0. The van der Waals surface area contributed by atoms with Gasteiger partial charge in [0, 0.05) is 5.69 Å². The number of alkyl halides is 3. The second kappa shape index (κ2) is 6.13. The van der Waals surface area contributed by atoms with E-state index in [0.29, 0.717) is 6.07 Å². The Morgan fingerprint density at radius 2 is 1.71 bits per heavy atom. The van der Waals surface area contributed by atoms with Gasteiger partial charge in [0.25, 0.3) is 0 Å². The molecule has 1 aromatic carbocycles. The quantitative estimate of drug-likeness (QED) is 0.817. The summed E-state index contributed by atoms with van der Waals surface area (Å²) in [5.41, 5.74) is 8.14. The molecule has 0 spiro atoms. The Morgan fingerprint density at radius 1 is 1.19 bits per heavy atom. The van der Waals surface area contributed by atoms with Gasteiger partial charge in [0.1, 0.15) is 0 Å². The van der Waals surface area contributed by atoms with Gasteiger partial charge in [0.2, 0.25) is 11.8 Å². The Labute approximate surface area is 117 Å². The topological polar surface area (TPSA) is 113 Å². The molecule has 0 fully saturated rings. The molecule has 21 heavy (non-hydrogen) atoms. The molecule has 0 atom stereocenters. The van der Waals surface area contributed by atoms with Gasteiger partial charge in [-0.1, -0.05) is 0 Å². The molecule has 6 nitrogen and oxygen atoms in total. The molecule has 0 aliphatic carbocycles. The van der Waals surface area contributed by atoms with E-state index in [9.17, 15) is 22.8 Å². The number of nitrogens with zero attached hydrogens (tertiary/aromatic N) is 2. The first-order valence-electron chi connectivity index (χ1n) is 5.58. The SMILES string of the molecule is N#Cc1ccc(N(CC(N)=O)CC(N)=O)cc1C(F)(F)F. The summed E-state index contributed by atoms with van der Waals surface area (Å²) in [6.07, 6.45) is -4.74. The molecule has 2 amide bonds. The average Bonchev–Trinajstić information content (AvgIpc) is 2.35. The average molecular weight is 300 g/mol. The van der Waals surface area contributed by atoms with Crippen molar-refractivity contribution in [3.63, 3.8) is 0 Å². The molecule has 4 N–H and O–H groups in total. The lowest BCUT2D eigenvalue weighted by Crippen LogP contribution is -2.39. The third-order valence-electron chi connectivity index (χ3n) is 2.49. The molecule has 0 unspecified atom stereocenters. The Bertz CT molecular complexity index is 592. The highest BCUT2D eigenvalue weighted by molar-refractivity contribution is 5.85. The van der Waals surface area contributed by atoms with Crippen LogP contribution < -0.4 is 16.4 Å². The van der Waals surface area contributed by atoms with Gasteiger partial charge in [-0.25, -0.2) is 0 Å². The van der Waals surface area contributed by atoms with Crippen LogP contribution in [0.4, 0.5) is 18.9 Å². The smallest absolute Gasteiger partial charge is 0.368 e. The molecular formula is C12H11F3N4O2. The fourth-order valence-electron chi connectivity index (χ4n) is 1.68. The molecule has 1 rings (SSSR count). The molecule has 0 saturated carbocycles. The second-order valence-electron chi connectivity index (χ2n) is 4.13. The summed E-state index contributed by atoms with van der Waals surface area (Å²) < 4.78 is 38.6. The van der Waals surface area contributed by atoms with E-state index in [4.69, 9.17) is 16.7 Å². The molecule has 1 aromatic rings. The second-order valence-corrected chi connectivity index (χ2v) is 4.13. The van der Waals surface area contributed by atoms with Gasteiger partial charge < -0.3 is 16.4 Å². The number of carbonyl (C=O) groups excluding carboxylic acids is 2. The van der Waals surface area contributed by atoms with Gasteiger partial charge in [-0.05, 0) is 18.2 Å². The fraction of sp³-hybridized carbons (Fsp3) is 0.250. The van der Waals surface area contributed by atoms with Crippen LogP contribution in [0.5, 0.6) is 0 Å². The number of carbonyl (C=O) groups is 2. The van der Waals surface area contributed by atoms with Gasteiger partial charge in [0.05, 0.1) is 30.3 Å². The summed E-state index contributed by atoms with van der Waals surface area (Å²) in [4.78, 5) is 22.8. The summed E-state index contributed by atoms with van der Waals surface area (Å²) in [6, 6.07) is 4.23. The molecule has 0 heterocycles. The maximum absolute atomic E-state index is 12.9. The minimum absolute atomic E-state index is 0.0843. The van der Waals surface area contributed by atoms with Crippen LogP contribution in [0.2, 0.25) is 0 Å². The van der Waals surface area contributed by atoms with Crippen molar-refractivity contribution in [1.29, 1.82) is 5.26 Å². The Morgan fingerprint density at radius 3 is 2.10 bits per heavy atom. The van der Waals surface area contributed by atoms with Crippen LogP contribution in [0.15, 0.2) is 18.2 Å². The molecule has 9 heteroatoms. The van der Waals surface area contributed by atoms with Crippen molar-refractivity contribution in [1.82, 2.24) is 0 Å². The minimum Gasteiger partial charge on any atom is -0.368 e. The zero-order chi connectivity index (χ0) is 16.2. The normalized spacial score (nSPS) is 10.8. The third kappa shape index (κ3) is 4.38. The van der Waals surface area contributed by atoms with Crippen molar-refractivity contribution >= 4 is 17.5 Å². The summed E-state index contributed by atoms with van der Waals surface area (Å²) >= 11 is 0. The summed E-state index contributed by atoms with van der Waals surface area (Å²) in [6.45, 7) is -0.960. The number of nitrogens with two attached hydrogens (primary N) is 2. The molecular weight excluding hydrogens is 289 g/mol. The first-order chi connectivity index (χ1) is 9.65. The number of rotatable bonds is 5. The molecule has 112 valence electrons. The van der Waals surface area contributed by atoms with E-state index in [2.05, 4.69) is 0 Å². The Balaban J connectivity index is 3.30. The Hall–Kier alpha value is -2.76. The highest BCUT2D eigenvalue weighted by Gasteiger charge is 2.34. The Kier molecular flexibility index (Phi) is 4.75. The fourth-order valence-corrected chi connectivity index (χ4v) is 1.68. The molecule has 0 aromatic heterocycles. The lowest BCUT2D eigenvalue weighted by molar-refractivity contribution is -0.137. The van der Waals surface area contributed by atoms with E-state index in [1.807, 2.05) is 0 Å². The van der Waals surface area contributed by atoms with E-state index in [1.54, 1.807) is 0 Å². The number of primary amides is 2. The van der Waals surface area contributed by atoms with Crippen LogP contribution in [0.25, 0.3) is 0 Å². The number of hydrogen-bond acceptors (Lipinski definition) is 4. The number of anilines is 1. The molecule has 0 aliphatic rings.